The summed E-state index contributed by atoms with van der Waals surface area (Å²) in [4.78, 5) is 26.4. The minimum atomic E-state index is -0.221. The van der Waals surface area contributed by atoms with Crippen molar-refractivity contribution >= 4 is 28.3 Å². The fraction of sp³-hybridized carbons (Fsp3) is 0.182. The molecule has 0 aliphatic carbocycles. The molecule has 0 spiro atoms. The second-order valence-electron chi connectivity index (χ2n) is 6.59. The topological polar surface area (TPSA) is 58.6 Å². The first-order valence-corrected chi connectivity index (χ1v) is 8.93. The van der Waals surface area contributed by atoms with Gasteiger partial charge in [0.25, 0.3) is 5.91 Å². The Hall–Kier alpha value is -3.34. The highest BCUT2D eigenvalue weighted by Gasteiger charge is 2.27. The normalized spacial score (nSPS) is 14.4. The molecule has 1 N–H and O–H groups in total. The third-order valence-electron chi connectivity index (χ3n) is 4.78. The van der Waals surface area contributed by atoms with Crippen LogP contribution in [0.3, 0.4) is 0 Å². The number of carbonyl (C=O) groups is 2. The molecule has 3 aromatic carbocycles. The zero-order chi connectivity index (χ0) is 18.8. The summed E-state index contributed by atoms with van der Waals surface area (Å²) in [6.45, 7) is 1.87. The van der Waals surface area contributed by atoms with Gasteiger partial charge in [0.2, 0.25) is 5.91 Å². The summed E-state index contributed by atoms with van der Waals surface area (Å²) in [6, 6.07) is 21.2. The van der Waals surface area contributed by atoms with E-state index in [0.29, 0.717) is 11.4 Å². The SMILES string of the molecule is CC(NC(=O)CN1C(=O)COc2ccccc21)c1cccc2ccccc12. The van der Waals surface area contributed by atoms with Crippen molar-refractivity contribution in [2.45, 2.75) is 13.0 Å². The minimum Gasteiger partial charge on any atom is -0.482 e. The van der Waals surface area contributed by atoms with Crippen LogP contribution in [0.15, 0.2) is 66.7 Å². The van der Waals surface area contributed by atoms with Crippen molar-refractivity contribution in [2.75, 3.05) is 18.1 Å². The molecule has 27 heavy (non-hydrogen) atoms. The van der Waals surface area contributed by atoms with Crippen LogP contribution < -0.4 is 15.0 Å². The first kappa shape index (κ1) is 17.1. The molecule has 0 saturated heterocycles. The molecule has 0 bridgehead atoms. The maximum Gasteiger partial charge on any atom is 0.265 e. The van der Waals surface area contributed by atoms with Crippen molar-refractivity contribution in [1.82, 2.24) is 5.32 Å². The first-order valence-electron chi connectivity index (χ1n) is 8.93. The van der Waals surface area contributed by atoms with Gasteiger partial charge >= 0.3 is 0 Å². The van der Waals surface area contributed by atoms with Gasteiger partial charge in [0.1, 0.15) is 12.3 Å². The number of hydrogen-bond acceptors (Lipinski definition) is 3. The lowest BCUT2D eigenvalue weighted by molar-refractivity contribution is -0.125. The monoisotopic (exact) mass is 360 g/mol. The van der Waals surface area contributed by atoms with Gasteiger partial charge in [-0.3, -0.25) is 14.5 Å². The van der Waals surface area contributed by atoms with E-state index >= 15 is 0 Å². The molecule has 1 atom stereocenters. The van der Waals surface area contributed by atoms with Gasteiger partial charge < -0.3 is 10.1 Å². The van der Waals surface area contributed by atoms with Crippen LogP contribution in [0, 0.1) is 0 Å². The molecule has 1 aliphatic heterocycles. The van der Waals surface area contributed by atoms with Crippen LogP contribution in [0.1, 0.15) is 18.5 Å². The van der Waals surface area contributed by atoms with Crippen LogP contribution in [-0.4, -0.2) is 25.0 Å². The van der Waals surface area contributed by atoms with Crippen LogP contribution in [0.25, 0.3) is 10.8 Å². The molecular formula is C22H20N2O3. The highest BCUT2D eigenvalue weighted by atomic mass is 16.5. The number of anilines is 1. The summed E-state index contributed by atoms with van der Waals surface area (Å²) in [6.07, 6.45) is 0. The quantitative estimate of drug-likeness (QED) is 0.775. The van der Waals surface area contributed by atoms with Crippen molar-refractivity contribution in [3.63, 3.8) is 0 Å². The van der Waals surface area contributed by atoms with Gasteiger partial charge in [-0.2, -0.15) is 0 Å². The molecule has 4 rings (SSSR count). The van der Waals surface area contributed by atoms with E-state index in [-0.39, 0.29) is 31.0 Å². The van der Waals surface area contributed by atoms with Gasteiger partial charge in [-0.25, -0.2) is 0 Å². The van der Waals surface area contributed by atoms with Crippen molar-refractivity contribution in [3.05, 3.63) is 72.3 Å². The molecule has 1 unspecified atom stereocenters. The molecule has 1 heterocycles. The van der Waals surface area contributed by atoms with Gasteiger partial charge in [-0.1, -0.05) is 54.6 Å². The molecule has 0 radical (unpaired) electrons. The van der Waals surface area contributed by atoms with Crippen LogP contribution >= 0.6 is 0 Å². The Morgan fingerprint density at radius 3 is 2.70 bits per heavy atom. The van der Waals surface area contributed by atoms with Crippen LogP contribution in [0.4, 0.5) is 5.69 Å². The highest BCUT2D eigenvalue weighted by molar-refractivity contribution is 6.02. The van der Waals surface area contributed by atoms with E-state index in [4.69, 9.17) is 4.74 Å². The smallest absolute Gasteiger partial charge is 0.265 e. The van der Waals surface area contributed by atoms with E-state index in [1.807, 2.05) is 43.3 Å². The van der Waals surface area contributed by atoms with E-state index in [0.717, 1.165) is 16.3 Å². The Morgan fingerprint density at radius 1 is 1.07 bits per heavy atom. The Morgan fingerprint density at radius 2 is 1.81 bits per heavy atom. The average Bonchev–Trinajstić information content (AvgIpc) is 2.69. The zero-order valence-electron chi connectivity index (χ0n) is 15.0. The molecule has 1 aliphatic rings. The maximum absolute atomic E-state index is 12.6. The Labute approximate surface area is 157 Å². The van der Waals surface area contributed by atoms with E-state index in [2.05, 4.69) is 23.5 Å². The molecule has 3 aromatic rings. The number of ether oxygens (including phenoxy) is 1. The predicted octanol–water partition coefficient (Wildman–Crippen LogP) is 3.44. The van der Waals surface area contributed by atoms with Crippen LogP contribution in [0.5, 0.6) is 5.75 Å². The molecule has 0 aromatic heterocycles. The molecule has 5 heteroatoms. The predicted molar refractivity (Wildman–Crippen MR) is 105 cm³/mol. The number of carbonyl (C=O) groups excluding carboxylic acids is 2. The highest BCUT2D eigenvalue weighted by Crippen LogP contribution is 2.31. The van der Waals surface area contributed by atoms with Crippen molar-refractivity contribution in [1.29, 1.82) is 0 Å². The van der Waals surface area contributed by atoms with Crippen molar-refractivity contribution in [2.24, 2.45) is 0 Å². The summed E-state index contributed by atoms with van der Waals surface area (Å²) in [7, 11) is 0. The first-order chi connectivity index (χ1) is 13.1. The largest absolute Gasteiger partial charge is 0.482 e. The lowest BCUT2D eigenvalue weighted by atomic mass is 10.00. The standard InChI is InChI=1S/C22H20N2O3/c1-15(17-10-6-8-16-7-2-3-9-18(16)17)23-21(25)13-24-19-11-4-5-12-20(19)27-14-22(24)26/h2-12,15H,13-14H2,1H3,(H,23,25). The molecule has 5 nitrogen and oxygen atoms in total. The third-order valence-corrected chi connectivity index (χ3v) is 4.78. The summed E-state index contributed by atoms with van der Waals surface area (Å²) in [5.41, 5.74) is 1.68. The minimum absolute atomic E-state index is 0.0334. The van der Waals surface area contributed by atoms with Crippen LogP contribution in [-0.2, 0) is 9.59 Å². The van der Waals surface area contributed by atoms with E-state index in [1.54, 1.807) is 12.1 Å². The average molecular weight is 360 g/mol. The van der Waals surface area contributed by atoms with Gasteiger partial charge in [0.15, 0.2) is 6.61 Å². The molecule has 0 saturated carbocycles. The lowest BCUT2D eigenvalue weighted by Gasteiger charge is -2.29. The van der Waals surface area contributed by atoms with Crippen LogP contribution in [0.2, 0.25) is 0 Å². The van der Waals surface area contributed by atoms with E-state index in [9.17, 15) is 9.59 Å². The fourth-order valence-electron chi connectivity index (χ4n) is 3.46. The van der Waals surface area contributed by atoms with Gasteiger partial charge in [-0.05, 0) is 35.4 Å². The summed E-state index contributed by atoms with van der Waals surface area (Å²) in [5, 5.41) is 5.26. The number of benzene rings is 3. The maximum atomic E-state index is 12.6. The van der Waals surface area contributed by atoms with E-state index in [1.165, 1.54) is 4.90 Å². The van der Waals surface area contributed by atoms with E-state index < -0.39 is 0 Å². The number of para-hydroxylation sites is 2. The molecule has 0 fully saturated rings. The Kier molecular flexibility index (Phi) is 4.50. The molecule has 2 amide bonds. The second-order valence-corrected chi connectivity index (χ2v) is 6.59. The number of nitrogens with one attached hydrogen (secondary N) is 1. The number of fused-ring (bicyclic) bond motifs is 2. The Bertz CT molecular complexity index is 1010. The van der Waals surface area contributed by atoms with Crippen molar-refractivity contribution in [3.8, 4) is 5.75 Å². The van der Waals surface area contributed by atoms with Gasteiger partial charge in [-0.15, -0.1) is 0 Å². The molecular weight excluding hydrogens is 340 g/mol. The van der Waals surface area contributed by atoms with Crippen molar-refractivity contribution < 1.29 is 14.3 Å². The lowest BCUT2D eigenvalue weighted by Crippen LogP contribution is -2.45. The Balaban J connectivity index is 1.52. The number of rotatable bonds is 4. The summed E-state index contributed by atoms with van der Waals surface area (Å²) >= 11 is 0. The summed E-state index contributed by atoms with van der Waals surface area (Å²) < 4.78 is 5.42. The number of amides is 2. The fourth-order valence-corrected chi connectivity index (χ4v) is 3.46. The van der Waals surface area contributed by atoms with Gasteiger partial charge in [0, 0.05) is 0 Å². The summed E-state index contributed by atoms with van der Waals surface area (Å²) in [5.74, 6) is 0.189. The second kappa shape index (κ2) is 7.11. The molecule has 136 valence electrons. The van der Waals surface area contributed by atoms with Gasteiger partial charge in [0.05, 0.1) is 11.7 Å². The third kappa shape index (κ3) is 3.36. The number of nitrogens with zero attached hydrogens (tertiary/aromatic N) is 1. The zero-order valence-corrected chi connectivity index (χ0v) is 15.0. The number of hydrogen-bond donors (Lipinski definition) is 1.